The van der Waals surface area contributed by atoms with E-state index in [1.54, 1.807) is 30.3 Å². The van der Waals surface area contributed by atoms with Crippen LogP contribution in [0.1, 0.15) is 27.5 Å². The third-order valence-corrected chi connectivity index (χ3v) is 3.20. The zero-order valence-corrected chi connectivity index (χ0v) is 11.4. The van der Waals surface area contributed by atoms with E-state index in [4.69, 9.17) is 0 Å². The highest BCUT2D eigenvalue weighted by molar-refractivity contribution is 5.95. The van der Waals surface area contributed by atoms with Gasteiger partial charge in [-0.15, -0.1) is 0 Å². The first-order valence-electron chi connectivity index (χ1n) is 6.46. The molecule has 0 spiro atoms. The Morgan fingerprint density at radius 2 is 1.86 bits per heavy atom. The molecule has 0 aliphatic heterocycles. The number of amides is 1. The first-order chi connectivity index (χ1) is 10.0. The Balaban J connectivity index is 2.27. The monoisotopic (exact) mass is 291 g/mol. The van der Waals surface area contributed by atoms with E-state index in [0.717, 1.165) is 6.07 Å². The highest BCUT2D eigenvalue weighted by atomic mass is 19.1. The van der Waals surface area contributed by atoms with Crippen molar-refractivity contribution in [3.05, 3.63) is 70.8 Å². The van der Waals surface area contributed by atoms with Gasteiger partial charge in [0.15, 0.2) is 0 Å². The summed E-state index contributed by atoms with van der Waals surface area (Å²) in [6, 6.07) is 10.3. The number of aryl methyl sites for hydroxylation is 1. The Bertz CT molecular complexity index is 644. The highest BCUT2D eigenvalue weighted by Crippen LogP contribution is 2.18. The van der Waals surface area contributed by atoms with Crippen LogP contribution in [0.5, 0.6) is 0 Å². The van der Waals surface area contributed by atoms with Crippen LogP contribution in [0, 0.1) is 18.6 Å². The average Bonchev–Trinajstić information content (AvgIpc) is 2.50. The van der Waals surface area contributed by atoms with Gasteiger partial charge in [0, 0.05) is 0 Å². The fourth-order valence-electron chi connectivity index (χ4n) is 2.01. The molecule has 0 heterocycles. The minimum Gasteiger partial charge on any atom is -0.394 e. The van der Waals surface area contributed by atoms with E-state index < -0.39 is 29.1 Å². The molecule has 2 N–H and O–H groups in total. The van der Waals surface area contributed by atoms with Crippen molar-refractivity contribution in [2.24, 2.45) is 0 Å². The lowest BCUT2D eigenvalue weighted by molar-refractivity contribution is 0.0907. The molecule has 110 valence electrons. The molecular weight excluding hydrogens is 276 g/mol. The summed E-state index contributed by atoms with van der Waals surface area (Å²) in [5.41, 5.74) is 0.202. The maximum Gasteiger partial charge on any atom is 0.257 e. The van der Waals surface area contributed by atoms with Gasteiger partial charge in [-0.3, -0.25) is 4.79 Å². The van der Waals surface area contributed by atoms with Crippen molar-refractivity contribution in [1.29, 1.82) is 0 Å². The van der Waals surface area contributed by atoms with Crippen LogP contribution in [0.25, 0.3) is 0 Å². The summed E-state index contributed by atoms with van der Waals surface area (Å²) < 4.78 is 27.6. The molecule has 21 heavy (non-hydrogen) atoms. The second kappa shape index (κ2) is 6.45. The van der Waals surface area contributed by atoms with Crippen molar-refractivity contribution in [3.8, 4) is 0 Å². The minimum absolute atomic E-state index is 0.182. The summed E-state index contributed by atoms with van der Waals surface area (Å²) in [6.07, 6.45) is 0. The standard InChI is InChI=1S/C16H15F2NO2/c1-10-7-8-12(17)14(15(10)18)16(21)19-13(9-20)11-5-3-2-4-6-11/h2-8,13,20H,9H2,1H3,(H,19,21)/t13-/m1/s1. The van der Waals surface area contributed by atoms with E-state index in [0.29, 0.717) is 5.56 Å². The maximum atomic E-state index is 13.9. The fraction of sp³-hybridized carbons (Fsp3) is 0.188. The van der Waals surface area contributed by atoms with Gasteiger partial charge in [-0.25, -0.2) is 8.78 Å². The molecule has 0 fully saturated rings. The van der Waals surface area contributed by atoms with Gasteiger partial charge in [0.1, 0.15) is 17.2 Å². The van der Waals surface area contributed by atoms with Crippen LogP contribution < -0.4 is 5.32 Å². The summed E-state index contributed by atoms with van der Waals surface area (Å²) in [4.78, 5) is 12.1. The van der Waals surface area contributed by atoms with Gasteiger partial charge in [-0.1, -0.05) is 36.4 Å². The molecule has 0 aliphatic rings. The molecule has 1 atom stereocenters. The van der Waals surface area contributed by atoms with Crippen molar-refractivity contribution < 1.29 is 18.7 Å². The van der Waals surface area contributed by atoms with Crippen molar-refractivity contribution in [2.45, 2.75) is 13.0 Å². The molecule has 0 aromatic heterocycles. The largest absolute Gasteiger partial charge is 0.394 e. The molecule has 0 radical (unpaired) electrons. The van der Waals surface area contributed by atoms with Gasteiger partial charge in [-0.2, -0.15) is 0 Å². The molecule has 1 amide bonds. The lowest BCUT2D eigenvalue weighted by atomic mass is 10.1. The molecule has 2 rings (SSSR count). The molecule has 0 unspecified atom stereocenters. The highest BCUT2D eigenvalue weighted by Gasteiger charge is 2.22. The van der Waals surface area contributed by atoms with Crippen LogP contribution in [-0.2, 0) is 0 Å². The van der Waals surface area contributed by atoms with Crippen molar-refractivity contribution in [2.75, 3.05) is 6.61 Å². The summed E-state index contributed by atoms with van der Waals surface area (Å²) in [7, 11) is 0. The smallest absolute Gasteiger partial charge is 0.257 e. The van der Waals surface area contributed by atoms with Gasteiger partial charge in [0.25, 0.3) is 5.91 Å². The van der Waals surface area contributed by atoms with E-state index in [1.165, 1.54) is 13.0 Å². The number of carbonyl (C=O) groups excluding carboxylic acids is 1. The van der Waals surface area contributed by atoms with Crippen molar-refractivity contribution >= 4 is 5.91 Å². The molecule has 3 nitrogen and oxygen atoms in total. The third-order valence-electron chi connectivity index (χ3n) is 3.20. The number of benzene rings is 2. The molecule has 0 bridgehead atoms. The SMILES string of the molecule is Cc1ccc(F)c(C(=O)N[C@H](CO)c2ccccc2)c1F. The topological polar surface area (TPSA) is 49.3 Å². The molecule has 2 aromatic carbocycles. The quantitative estimate of drug-likeness (QED) is 0.910. The molecule has 5 heteroatoms. The second-order valence-corrected chi connectivity index (χ2v) is 4.67. The van der Waals surface area contributed by atoms with E-state index in [1.807, 2.05) is 0 Å². The lowest BCUT2D eigenvalue weighted by Crippen LogP contribution is -2.32. The third kappa shape index (κ3) is 3.25. The van der Waals surface area contributed by atoms with Gasteiger partial charge in [-0.05, 0) is 24.1 Å². The van der Waals surface area contributed by atoms with Crippen LogP contribution in [0.3, 0.4) is 0 Å². The van der Waals surface area contributed by atoms with Gasteiger partial charge >= 0.3 is 0 Å². The predicted molar refractivity (Wildman–Crippen MR) is 74.8 cm³/mol. The molecule has 0 saturated carbocycles. The van der Waals surface area contributed by atoms with Gasteiger partial charge in [0.05, 0.1) is 12.6 Å². The van der Waals surface area contributed by atoms with Gasteiger partial charge in [0.2, 0.25) is 0 Å². The number of hydrogen-bond acceptors (Lipinski definition) is 2. The molecular formula is C16H15F2NO2. The number of aliphatic hydroxyl groups excluding tert-OH is 1. The minimum atomic E-state index is -0.930. The predicted octanol–water partition coefficient (Wildman–Crippen LogP) is 2.74. The van der Waals surface area contributed by atoms with Gasteiger partial charge < -0.3 is 10.4 Å². The van der Waals surface area contributed by atoms with Crippen LogP contribution in [-0.4, -0.2) is 17.6 Å². The van der Waals surface area contributed by atoms with Crippen molar-refractivity contribution in [3.63, 3.8) is 0 Å². The summed E-state index contributed by atoms with van der Waals surface area (Å²) in [6.45, 7) is 1.08. The number of rotatable bonds is 4. The molecule has 0 saturated heterocycles. The molecule has 2 aromatic rings. The van der Waals surface area contributed by atoms with E-state index in [2.05, 4.69) is 5.32 Å². The lowest BCUT2D eigenvalue weighted by Gasteiger charge is -2.17. The first kappa shape index (κ1) is 15.1. The number of carbonyl (C=O) groups is 1. The van der Waals surface area contributed by atoms with E-state index >= 15 is 0 Å². The Labute approximate surface area is 121 Å². The van der Waals surface area contributed by atoms with Crippen LogP contribution in [0.15, 0.2) is 42.5 Å². The summed E-state index contributed by atoms with van der Waals surface area (Å²) in [5, 5.41) is 11.8. The Hall–Kier alpha value is -2.27. The normalized spacial score (nSPS) is 12.0. The Morgan fingerprint density at radius 3 is 2.48 bits per heavy atom. The van der Waals surface area contributed by atoms with E-state index in [-0.39, 0.29) is 12.2 Å². The Kier molecular flexibility index (Phi) is 4.65. The number of aliphatic hydroxyl groups is 1. The zero-order chi connectivity index (χ0) is 15.4. The van der Waals surface area contributed by atoms with E-state index in [9.17, 15) is 18.7 Å². The zero-order valence-electron chi connectivity index (χ0n) is 11.4. The summed E-state index contributed by atoms with van der Waals surface area (Å²) >= 11 is 0. The average molecular weight is 291 g/mol. The first-order valence-corrected chi connectivity index (χ1v) is 6.46. The summed E-state index contributed by atoms with van der Waals surface area (Å²) in [5.74, 6) is -2.71. The number of hydrogen-bond donors (Lipinski definition) is 2. The number of halogens is 2. The van der Waals surface area contributed by atoms with Crippen LogP contribution >= 0.6 is 0 Å². The van der Waals surface area contributed by atoms with Crippen molar-refractivity contribution in [1.82, 2.24) is 5.32 Å². The fourth-order valence-corrected chi connectivity index (χ4v) is 2.01. The number of nitrogens with one attached hydrogen (secondary N) is 1. The second-order valence-electron chi connectivity index (χ2n) is 4.67. The Morgan fingerprint density at radius 1 is 1.19 bits per heavy atom. The molecule has 0 aliphatic carbocycles. The van der Waals surface area contributed by atoms with Crippen LogP contribution in [0.4, 0.5) is 8.78 Å². The van der Waals surface area contributed by atoms with Crippen LogP contribution in [0.2, 0.25) is 0 Å². The maximum absolute atomic E-state index is 13.9.